The molecule has 2 aromatic heterocycles. The minimum absolute atomic E-state index is 0. The van der Waals surface area contributed by atoms with Crippen LogP contribution in [0.25, 0.3) is 5.82 Å². The molecule has 3 rings (SSSR count). The summed E-state index contributed by atoms with van der Waals surface area (Å²) in [6.45, 7) is 11.0. The van der Waals surface area contributed by atoms with E-state index in [9.17, 15) is 0 Å². The first-order valence-corrected chi connectivity index (χ1v) is 11.2. The van der Waals surface area contributed by atoms with Crippen LogP contribution in [0.3, 0.4) is 0 Å². The van der Waals surface area contributed by atoms with Gasteiger partial charge in [-0.05, 0) is 57.7 Å². The van der Waals surface area contributed by atoms with Gasteiger partial charge in [-0.15, -0.1) is 24.0 Å². The quantitative estimate of drug-likeness (QED) is 0.221. The van der Waals surface area contributed by atoms with Gasteiger partial charge >= 0.3 is 0 Å². The Morgan fingerprint density at radius 1 is 1.22 bits per heavy atom. The van der Waals surface area contributed by atoms with Crippen LogP contribution in [0.1, 0.15) is 43.1 Å². The first-order valence-electron chi connectivity index (χ1n) is 11.2. The molecule has 0 aliphatic carbocycles. The van der Waals surface area contributed by atoms with Gasteiger partial charge in [0.25, 0.3) is 0 Å². The summed E-state index contributed by atoms with van der Waals surface area (Å²) in [6.07, 6.45) is 5.22. The van der Waals surface area contributed by atoms with Gasteiger partial charge in [0.1, 0.15) is 0 Å². The second kappa shape index (κ2) is 13.7. The maximum absolute atomic E-state index is 5.98. The van der Waals surface area contributed by atoms with Crippen molar-refractivity contribution in [2.45, 2.75) is 52.7 Å². The zero-order valence-electron chi connectivity index (χ0n) is 19.7. The van der Waals surface area contributed by atoms with Crippen molar-refractivity contribution >= 4 is 29.9 Å². The van der Waals surface area contributed by atoms with Crippen LogP contribution in [0, 0.1) is 13.8 Å². The van der Waals surface area contributed by atoms with Crippen LogP contribution >= 0.6 is 24.0 Å². The van der Waals surface area contributed by atoms with E-state index in [1.165, 1.54) is 0 Å². The molecule has 1 fully saturated rings. The van der Waals surface area contributed by atoms with E-state index < -0.39 is 0 Å². The minimum atomic E-state index is 0. The number of nitrogens with one attached hydrogen (secondary N) is 1. The number of halogens is 1. The number of likely N-dealkylation sites (tertiary alicyclic amines) is 1. The maximum Gasteiger partial charge on any atom is 0.194 e. The van der Waals surface area contributed by atoms with Crippen LogP contribution < -0.4 is 5.32 Å². The number of guanidine groups is 1. The molecule has 1 saturated heterocycles. The summed E-state index contributed by atoms with van der Waals surface area (Å²) in [7, 11) is 1.73. The van der Waals surface area contributed by atoms with Crippen LogP contribution in [-0.2, 0) is 16.0 Å². The van der Waals surface area contributed by atoms with E-state index in [0.29, 0.717) is 12.6 Å². The number of hydrogen-bond donors (Lipinski definition) is 1. The number of aliphatic imine (C=N–C) groups is 1. The van der Waals surface area contributed by atoms with Crippen molar-refractivity contribution in [1.82, 2.24) is 25.0 Å². The molecule has 9 heteroatoms. The highest BCUT2D eigenvalue weighted by molar-refractivity contribution is 14.0. The van der Waals surface area contributed by atoms with Gasteiger partial charge in [0, 0.05) is 51.8 Å². The third-order valence-corrected chi connectivity index (χ3v) is 5.37. The number of methoxy groups -OCH3 is 1. The molecule has 2 aromatic rings. The van der Waals surface area contributed by atoms with Gasteiger partial charge in [0.05, 0.1) is 18.3 Å². The molecule has 0 atom stereocenters. The van der Waals surface area contributed by atoms with E-state index in [2.05, 4.69) is 39.4 Å². The molecule has 1 aliphatic rings. The van der Waals surface area contributed by atoms with Crippen molar-refractivity contribution in [2.75, 3.05) is 40.0 Å². The van der Waals surface area contributed by atoms with E-state index in [-0.39, 0.29) is 24.0 Å². The van der Waals surface area contributed by atoms with Crippen molar-refractivity contribution in [1.29, 1.82) is 0 Å². The number of aryl methyl sites for hydroxylation is 2. The number of pyridine rings is 1. The Bertz CT molecular complexity index is 832. The van der Waals surface area contributed by atoms with Crippen LogP contribution in [-0.4, -0.2) is 71.7 Å². The largest absolute Gasteiger partial charge is 0.385 e. The van der Waals surface area contributed by atoms with Crippen molar-refractivity contribution in [3.8, 4) is 5.82 Å². The third kappa shape index (κ3) is 7.70. The number of nitrogens with zero attached hydrogens (tertiary/aromatic N) is 5. The van der Waals surface area contributed by atoms with E-state index in [1.54, 1.807) is 7.11 Å². The van der Waals surface area contributed by atoms with Crippen LogP contribution in [0.15, 0.2) is 29.4 Å². The van der Waals surface area contributed by atoms with Gasteiger partial charge in [-0.3, -0.25) is 0 Å². The van der Waals surface area contributed by atoms with Crippen LogP contribution in [0.5, 0.6) is 0 Å². The van der Waals surface area contributed by atoms with E-state index in [0.717, 1.165) is 80.8 Å². The highest BCUT2D eigenvalue weighted by Crippen LogP contribution is 2.15. The molecule has 1 aliphatic heterocycles. The number of aromatic nitrogens is 3. The molecule has 0 radical (unpaired) electrons. The number of rotatable bonds is 9. The first-order chi connectivity index (χ1) is 15.1. The second-order valence-corrected chi connectivity index (χ2v) is 7.94. The monoisotopic (exact) mass is 556 g/mol. The molecular formula is C23H37IN6O2. The van der Waals surface area contributed by atoms with Crippen molar-refractivity contribution < 1.29 is 9.47 Å². The molecule has 0 amide bonds. The highest BCUT2D eigenvalue weighted by atomic mass is 127. The molecule has 0 saturated carbocycles. The predicted octanol–water partition coefficient (Wildman–Crippen LogP) is 3.49. The van der Waals surface area contributed by atoms with Crippen LogP contribution in [0.4, 0.5) is 0 Å². The zero-order chi connectivity index (χ0) is 22.1. The summed E-state index contributed by atoms with van der Waals surface area (Å²) in [5, 5.41) is 7.93. The SMILES string of the molecule is CCNC(=NCc1ccc(-n2nc(C)cc2C)nc1)N1CCC(OCCCOC)CC1.I. The average molecular weight is 556 g/mol. The van der Waals surface area contributed by atoms with Gasteiger partial charge in [-0.1, -0.05) is 6.07 Å². The Kier molecular flexibility index (Phi) is 11.4. The fourth-order valence-corrected chi connectivity index (χ4v) is 3.78. The fraction of sp³-hybridized carbons (Fsp3) is 0.609. The smallest absolute Gasteiger partial charge is 0.194 e. The van der Waals surface area contributed by atoms with Gasteiger partial charge < -0.3 is 19.7 Å². The lowest BCUT2D eigenvalue weighted by Gasteiger charge is -2.34. The first kappa shape index (κ1) is 26.5. The van der Waals surface area contributed by atoms with Crippen molar-refractivity contribution in [3.05, 3.63) is 41.3 Å². The Morgan fingerprint density at radius 3 is 2.59 bits per heavy atom. The second-order valence-electron chi connectivity index (χ2n) is 7.94. The molecule has 8 nitrogen and oxygen atoms in total. The molecule has 0 aromatic carbocycles. The van der Waals surface area contributed by atoms with Crippen molar-refractivity contribution in [3.63, 3.8) is 0 Å². The summed E-state index contributed by atoms with van der Waals surface area (Å²) in [5.74, 6) is 1.79. The molecule has 0 bridgehead atoms. The predicted molar refractivity (Wildman–Crippen MR) is 138 cm³/mol. The lowest BCUT2D eigenvalue weighted by atomic mass is 10.1. The van der Waals surface area contributed by atoms with Crippen molar-refractivity contribution in [2.24, 2.45) is 4.99 Å². The van der Waals surface area contributed by atoms with Gasteiger partial charge in [0.15, 0.2) is 11.8 Å². The van der Waals surface area contributed by atoms with Gasteiger partial charge in [-0.2, -0.15) is 5.10 Å². The molecule has 1 N–H and O–H groups in total. The number of hydrogen-bond acceptors (Lipinski definition) is 5. The maximum atomic E-state index is 5.98. The molecule has 178 valence electrons. The molecule has 32 heavy (non-hydrogen) atoms. The number of ether oxygens (including phenoxy) is 2. The van der Waals surface area contributed by atoms with Gasteiger partial charge in [0.2, 0.25) is 0 Å². The molecular weight excluding hydrogens is 519 g/mol. The zero-order valence-corrected chi connectivity index (χ0v) is 22.0. The Balaban J connectivity index is 0.00000363. The lowest BCUT2D eigenvalue weighted by Crippen LogP contribution is -2.47. The Labute approximate surface area is 208 Å². The Hall–Kier alpha value is -1.72. The number of piperidine rings is 1. The molecule has 3 heterocycles. The minimum Gasteiger partial charge on any atom is -0.385 e. The Morgan fingerprint density at radius 2 is 2.00 bits per heavy atom. The van der Waals surface area contributed by atoms with E-state index >= 15 is 0 Å². The van der Waals surface area contributed by atoms with Gasteiger partial charge in [-0.25, -0.2) is 14.7 Å². The lowest BCUT2D eigenvalue weighted by molar-refractivity contribution is 0.00990. The average Bonchev–Trinajstić information content (AvgIpc) is 3.13. The summed E-state index contributed by atoms with van der Waals surface area (Å²) in [4.78, 5) is 11.8. The topological polar surface area (TPSA) is 76.8 Å². The van der Waals surface area contributed by atoms with E-state index in [1.807, 2.05) is 30.8 Å². The summed E-state index contributed by atoms with van der Waals surface area (Å²) in [6, 6.07) is 6.13. The highest BCUT2D eigenvalue weighted by Gasteiger charge is 2.21. The fourth-order valence-electron chi connectivity index (χ4n) is 3.78. The summed E-state index contributed by atoms with van der Waals surface area (Å²) < 4.78 is 12.9. The standard InChI is InChI=1S/C23H36N6O2.HI/c1-5-24-23(28-11-9-21(10-12-28)31-14-6-13-30-4)26-17-20-7-8-22(25-16-20)29-19(3)15-18(2)27-29;/h7-8,15-16,21H,5-6,9-14,17H2,1-4H3,(H,24,26);1H. The summed E-state index contributed by atoms with van der Waals surface area (Å²) >= 11 is 0. The summed E-state index contributed by atoms with van der Waals surface area (Å²) in [5.41, 5.74) is 3.15. The van der Waals surface area contributed by atoms with E-state index in [4.69, 9.17) is 14.5 Å². The molecule has 0 spiro atoms. The molecule has 0 unspecified atom stereocenters. The third-order valence-electron chi connectivity index (χ3n) is 5.37. The normalized spacial score (nSPS) is 15.0. The van der Waals surface area contributed by atoms with Crippen LogP contribution in [0.2, 0.25) is 0 Å².